The maximum atomic E-state index is 13.1. The molecular formula is C27H37N4O6S+. The molecule has 0 unspecified atom stereocenters. The monoisotopic (exact) mass is 545 g/mol. The van der Waals surface area contributed by atoms with Crippen LogP contribution in [0.1, 0.15) is 26.7 Å². The number of hydrogen-bond acceptors (Lipinski definition) is 7. The first-order valence-corrected chi connectivity index (χ1v) is 13.8. The molecule has 0 radical (unpaired) electrons. The molecule has 2 fully saturated rings. The second-order valence-electron chi connectivity index (χ2n) is 10.0. The van der Waals surface area contributed by atoms with E-state index in [9.17, 15) is 19.5 Å². The molecule has 4 rings (SSSR count). The highest BCUT2D eigenvalue weighted by molar-refractivity contribution is 8.03. The molecule has 0 spiro atoms. The van der Waals surface area contributed by atoms with E-state index in [0.717, 1.165) is 17.9 Å². The van der Waals surface area contributed by atoms with Crippen LogP contribution in [0, 0.1) is 11.8 Å². The Bertz CT molecular complexity index is 1130. The third kappa shape index (κ3) is 5.26. The number of fused-ring (bicyclic) bond motifs is 1. The first-order valence-electron chi connectivity index (χ1n) is 12.9. The van der Waals surface area contributed by atoms with Crippen molar-refractivity contribution >= 4 is 29.7 Å². The topological polar surface area (TPSA) is 105 Å². The van der Waals surface area contributed by atoms with Gasteiger partial charge in [0.2, 0.25) is 5.91 Å². The zero-order chi connectivity index (χ0) is 27.6. The summed E-state index contributed by atoms with van der Waals surface area (Å²) in [4.78, 5) is 42.9. The van der Waals surface area contributed by atoms with Crippen LogP contribution in [-0.2, 0) is 32.7 Å². The van der Waals surface area contributed by atoms with Crippen molar-refractivity contribution in [2.75, 3.05) is 19.8 Å². The molecule has 1 N–H and O–H groups in total. The van der Waals surface area contributed by atoms with Crippen LogP contribution in [0.15, 0.2) is 54.4 Å². The van der Waals surface area contributed by atoms with Crippen LogP contribution < -0.4 is 4.68 Å². The predicted molar refractivity (Wildman–Crippen MR) is 141 cm³/mol. The van der Waals surface area contributed by atoms with Crippen LogP contribution in [0.2, 0.25) is 0 Å². The lowest BCUT2D eigenvalue weighted by Crippen LogP contribution is -2.63. The summed E-state index contributed by atoms with van der Waals surface area (Å²) in [6, 6.07) is 1.62. The number of carbonyl (C=O) groups excluding carboxylic acids is 3. The van der Waals surface area contributed by atoms with E-state index in [1.807, 2.05) is 37.1 Å². The van der Waals surface area contributed by atoms with Crippen molar-refractivity contribution in [3.63, 3.8) is 0 Å². The Morgan fingerprint density at radius 1 is 1.29 bits per heavy atom. The summed E-state index contributed by atoms with van der Waals surface area (Å²) < 4.78 is 14.8. The molecule has 0 aromatic carbocycles. The molecule has 0 saturated carbocycles. The maximum absolute atomic E-state index is 13.1. The minimum atomic E-state index is -0.818. The van der Waals surface area contributed by atoms with E-state index in [4.69, 9.17) is 9.47 Å². The lowest BCUT2D eigenvalue weighted by atomic mass is 9.79. The van der Waals surface area contributed by atoms with Crippen LogP contribution in [-0.4, -0.2) is 80.8 Å². The molecule has 0 bridgehead atoms. The summed E-state index contributed by atoms with van der Waals surface area (Å²) in [6.07, 6.45) is 7.23. The highest BCUT2D eigenvalue weighted by Crippen LogP contribution is 2.52. The number of aromatic nitrogens is 2. The van der Waals surface area contributed by atoms with Crippen LogP contribution in [0.3, 0.4) is 0 Å². The number of thioether (sulfide) groups is 1. The van der Waals surface area contributed by atoms with Gasteiger partial charge in [-0.2, -0.15) is 4.68 Å². The van der Waals surface area contributed by atoms with E-state index < -0.39 is 18.0 Å². The number of carbonyl (C=O) groups is 3. The Hall–Kier alpha value is -3.05. The van der Waals surface area contributed by atoms with Gasteiger partial charge in [0.05, 0.1) is 30.8 Å². The van der Waals surface area contributed by atoms with Crippen molar-refractivity contribution in [3.05, 3.63) is 54.4 Å². The number of esters is 1. The molecule has 6 atom stereocenters. The number of aliphatic hydroxyl groups is 1. The molecule has 2 amide bonds. The number of hydrogen-bond donors (Lipinski definition) is 1. The van der Waals surface area contributed by atoms with Gasteiger partial charge in [0, 0.05) is 34.7 Å². The van der Waals surface area contributed by atoms with Crippen molar-refractivity contribution in [2.45, 2.75) is 56.7 Å². The fourth-order valence-corrected chi connectivity index (χ4v) is 7.25. The van der Waals surface area contributed by atoms with Crippen LogP contribution in [0.4, 0.5) is 4.79 Å². The van der Waals surface area contributed by atoms with Crippen molar-refractivity contribution < 1.29 is 33.6 Å². The Balaban J connectivity index is 1.56. The quantitative estimate of drug-likeness (QED) is 0.196. The van der Waals surface area contributed by atoms with Gasteiger partial charge in [0.25, 0.3) is 0 Å². The third-order valence-electron chi connectivity index (χ3n) is 7.52. The number of aryl methyl sites for hydroxylation is 2. The zero-order valence-corrected chi connectivity index (χ0v) is 23.0. The predicted octanol–water partition coefficient (Wildman–Crippen LogP) is 2.00. The lowest BCUT2D eigenvalue weighted by molar-refractivity contribution is -0.753. The smallest absolute Gasteiger partial charge is 0.410 e. The lowest BCUT2D eigenvalue weighted by Gasteiger charge is -2.46. The normalized spacial score (nSPS) is 27.2. The Kier molecular flexibility index (Phi) is 8.67. The molecule has 10 nitrogen and oxygen atoms in total. The summed E-state index contributed by atoms with van der Waals surface area (Å²) in [7, 11) is 1.97. The van der Waals surface area contributed by atoms with Crippen molar-refractivity contribution in [3.8, 4) is 0 Å². The van der Waals surface area contributed by atoms with E-state index >= 15 is 0 Å². The number of β-lactam (4-membered cyclic amide) rings is 1. The fraction of sp³-hybridized carbons (Fsp3) is 0.556. The Morgan fingerprint density at radius 2 is 2.00 bits per heavy atom. The van der Waals surface area contributed by atoms with Gasteiger partial charge in [-0.3, -0.25) is 4.79 Å². The summed E-state index contributed by atoms with van der Waals surface area (Å²) in [5.41, 5.74) is 0.250. The minimum Gasteiger partial charge on any atom is -0.457 e. The molecular weight excluding hydrogens is 508 g/mol. The second kappa shape index (κ2) is 11.8. The molecule has 3 aliphatic rings. The van der Waals surface area contributed by atoms with E-state index in [0.29, 0.717) is 13.0 Å². The molecule has 0 aliphatic carbocycles. The number of ether oxygens (including phenoxy) is 2. The molecule has 1 aromatic rings. The van der Waals surface area contributed by atoms with E-state index in [1.54, 1.807) is 17.9 Å². The number of likely N-dealkylation sites (tertiary alicyclic amines) is 1. The average Bonchev–Trinajstić information content (AvgIpc) is 3.55. The number of aliphatic hydroxyl groups excluding tert-OH is 1. The Labute approximate surface area is 227 Å². The summed E-state index contributed by atoms with van der Waals surface area (Å²) >= 11 is 1.53. The Morgan fingerprint density at radius 3 is 2.63 bits per heavy atom. The highest BCUT2D eigenvalue weighted by Gasteiger charge is 2.60. The van der Waals surface area contributed by atoms with Crippen LogP contribution in [0.25, 0.3) is 0 Å². The van der Waals surface area contributed by atoms with E-state index in [2.05, 4.69) is 17.8 Å². The van der Waals surface area contributed by atoms with Crippen molar-refractivity contribution in [2.24, 2.45) is 18.9 Å². The highest BCUT2D eigenvalue weighted by atomic mass is 32.2. The van der Waals surface area contributed by atoms with Crippen molar-refractivity contribution in [1.82, 2.24) is 14.5 Å². The molecule has 3 aliphatic heterocycles. The van der Waals surface area contributed by atoms with Gasteiger partial charge in [-0.15, -0.1) is 16.4 Å². The number of amides is 2. The summed E-state index contributed by atoms with van der Waals surface area (Å²) in [5.74, 6) is -1.55. The van der Waals surface area contributed by atoms with Gasteiger partial charge >= 0.3 is 12.1 Å². The average molecular weight is 546 g/mol. The fourth-order valence-electron chi connectivity index (χ4n) is 5.69. The van der Waals surface area contributed by atoms with E-state index in [-0.39, 0.29) is 54.2 Å². The van der Waals surface area contributed by atoms with Gasteiger partial charge in [0.15, 0.2) is 13.2 Å². The summed E-state index contributed by atoms with van der Waals surface area (Å²) in [5, 5.41) is 10.2. The number of rotatable bonds is 11. The van der Waals surface area contributed by atoms with E-state index in [1.165, 1.54) is 22.7 Å². The first kappa shape index (κ1) is 28.0. The van der Waals surface area contributed by atoms with Gasteiger partial charge in [-0.05, 0) is 19.8 Å². The molecule has 2 saturated heterocycles. The molecule has 38 heavy (non-hydrogen) atoms. The molecule has 1 aromatic heterocycles. The molecule has 4 heterocycles. The summed E-state index contributed by atoms with van der Waals surface area (Å²) in [6.45, 7) is 12.2. The number of nitrogens with zero attached hydrogens (tertiary/aromatic N) is 4. The van der Waals surface area contributed by atoms with Crippen LogP contribution >= 0.6 is 11.8 Å². The van der Waals surface area contributed by atoms with Gasteiger partial charge < -0.3 is 24.4 Å². The third-order valence-corrected chi connectivity index (χ3v) is 9.01. The van der Waals surface area contributed by atoms with Gasteiger partial charge in [-0.25, -0.2) is 9.59 Å². The first-order chi connectivity index (χ1) is 18.2. The minimum absolute atomic E-state index is 0.00634. The van der Waals surface area contributed by atoms with Crippen LogP contribution in [0.5, 0.6) is 0 Å². The van der Waals surface area contributed by atoms with Crippen molar-refractivity contribution in [1.29, 1.82) is 0 Å². The molecule has 11 heteroatoms. The zero-order valence-electron chi connectivity index (χ0n) is 22.2. The maximum Gasteiger partial charge on any atom is 0.410 e. The SMILES string of the molecule is C=CCOC(=O)C1=C(S[C@H]2C[C@@H](CCn3ccc[n+]3C)N(C(=O)OCC=C)C2)[C@H](C)[C@@H]2[C@@H]([C@@H](C)O)C(=O)N12. The van der Waals surface area contributed by atoms with Gasteiger partial charge in [-0.1, -0.05) is 32.2 Å². The standard InChI is InChI=1S/C27H37N4O6S/c1-6-13-36-26(34)23-24(17(3)22-21(18(4)32)25(33)31(22)23)38-20-15-19(9-12-29-11-8-10-28(29)5)30(16-20)27(35)37-14-7-2/h6-8,10-11,17-22,32H,1-2,9,12-16H2,3-5H3/q+1/t17-,18-,19-,20+,21-,22-/m1/s1. The largest absolute Gasteiger partial charge is 0.457 e. The van der Waals surface area contributed by atoms with Gasteiger partial charge in [0.1, 0.15) is 18.9 Å². The molecule has 206 valence electrons. The second-order valence-corrected chi connectivity index (χ2v) is 11.4.